The predicted molar refractivity (Wildman–Crippen MR) is 219 cm³/mol. The molecule has 3 heterocycles. The monoisotopic (exact) mass is 745 g/mol. The molecule has 7 rings (SSSR count). The summed E-state index contributed by atoms with van der Waals surface area (Å²) in [6, 6.07) is 41.5. The molecule has 1 unspecified atom stereocenters. The number of nitrogens with zero attached hydrogens (tertiary/aromatic N) is 5. The van der Waals surface area contributed by atoms with Crippen LogP contribution in [0.5, 0.6) is 5.75 Å². The summed E-state index contributed by atoms with van der Waals surface area (Å²) in [5, 5.41) is 3.26. The third-order valence-corrected chi connectivity index (χ3v) is 14.9. The summed E-state index contributed by atoms with van der Waals surface area (Å²) < 4.78 is 12.1. The number of ether oxygens (including phenoxy) is 2. The second-order valence-electron chi connectivity index (χ2n) is 15.2. The topological polar surface area (TPSA) is 54.0 Å². The fraction of sp³-hybridized carbons (Fsp3) is 0.364. The second-order valence-corrected chi connectivity index (χ2v) is 19.3. The van der Waals surface area contributed by atoms with Gasteiger partial charge in [0.2, 0.25) is 5.28 Å². The van der Waals surface area contributed by atoms with Crippen LogP contribution in [-0.2, 0) is 30.8 Å². The lowest BCUT2D eigenvalue weighted by Gasteiger charge is -2.43. The quantitative estimate of drug-likeness (QED) is 0.0721. The van der Waals surface area contributed by atoms with E-state index in [1.54, 1.807) is 7.11 Å². The SMILES string of the molecule is COc1ccc(CN2CCN(c3nc(Cl)nc4c3CCN(Cc3ccccc3)C4)CC2CCOCC(C)(C)[SiH](c2ccccc2)c2ccccc2)cc1. The van der Waals surface area contributed by atoms with Gasteiger partial charge in [0.05, 0.1) is 12.8 Å². The van der Waals surface area contributed by atoms with Gasteiger partial charge in [0.1, 0.15) is 20.4 Å². The molecule has 0 amide bonds. The van der Waals surface area contributed by atoms with Crippen LogP contribution in [0, 0.1) is 0 Å². The second kappa shape index (κ2) is 17.4. The van der Waals surface area contributed by atoms with Crippen molar-refractivity contribution in [2.75, 3.05) is 51.4 Å². The first-order valence-corrected chi connectivity index (χ1v) is 21.1. The van der Waals surface area contributed by atoms with Gasteiger partial charge in [0.15, 0.2) is 0 Å². The van der Waals surface area contributed by atoms with Gasteiger partial charge in [-0.25, -0.2) is 9.97 Å². The fourth-order valence-electron chi connectivity index (χ4n) is 8.23. The van der Waals surface area contributed by atoms with Crippen molar-refractivity contribution in [3.63, 3.8) is 0 Å². The molecule has 2 aliphatic heterocycles. The highest BCUT2D eigenvalue weighted by atomic mass is 35.5. The predicted octanol–water partition coefficient (Wildman–Crippen LogP) is 6.62. The van der Waals surface area contributed by atoms with Crippen molar-refractivity contribution >= 4 is 36.6 Å². The van der Waals surface area contributed by atoms with Gasteiger partial charge < -0.3 is 14.4 Å². The smallest absolute Gasteiger partial charge is 0.224 e. The van der Waals surface area contributed by atoms with Crippen LogP contribution in [0.3, 0.4) is 0 Å². The number of halogens is 1. The molecule has 276 valence electrons. The lowest BCUT2D eigenvalue weighted by Crippen LogP contribution is -2.54. The largest absolute Gasteiger partial charge is 0.497 e. The molecule has 0 spiro atoms. The highest BCUT2D eigenvalue weighted by molar-refractivity contribution is 6.87. The number of fused-ring (bicyclic) bond motifs is 1. The third kappa shape index (κ3) is 9.37. The van der Waals surface area contributed by atoms with Crippen LogP contribution in [0.25, 0.3) is 0 Å². The number of benzene rings is 4. The van der Waals surface area contributed by atoms with Crippen LogP contribution in [0.4, 0.5) is 5.82 Å². The maximum absolute atomic E-state index is 6.69. The Kier molecular flexibility index (Phi) is 12.2. The number of aromatic nitrogens is 2. The molecule has 0 bridgehead atoms. The van der Waals surface area contributed by atoms with Crippen molar-refractivity contribution in [1.29, 1.82) is 0 Å². The molecule has 53 heavy (non-hydrogen) atoms. The number of rotatable bonds is 14. The van der Waals surface area contributed by atoms with E-state index in [9.17, 15) is 0 Å². The Hall–Kier alpha value is -4.05. The summed E-state index contributed by atoms with van der Waals surface area (Å²) >= 11 is 6.66. The van der Waals surface area contributed by atoms with Crippen LogP contribution in [0.1, 0.15) is 42.7 Å². The molecule has 7 nitrogen and oxygen atoms in total. The van der Waals surface area contributed by atoms with Gasteiger partial charge in [-0.15, -0.1) is 0 Å². The highest BCUT2D eigenvalue weighted by Crippen LogP contribution is 2.32. The molecule has 0 saturated carbocycles. The fourth-order valence-corrected chi connectivity index (χ4v) is 12.1. The molecular formula is C44H52ClN5O2Si. The molecule has 1 aromatic heterocycles. The minimum Gasteiger partial charge on any atom is -0.497 e. The van der Waals surface area contributed by atoms with E-state index in [1.165, 1.54) is 27.1 Å². The minimum absolute atomic E-state index is 0.0231. The van der Waals surface area contributed by atoms with E-state index in [0.29, 0.717) is 11.9 Å². The summed E-state index contributed by atoms with van der Waals surface area (Å²) in [5.41, 5.74) is 4.90. The standard InChI is InChI=1S/C44H52ClN5O2Si/c1-44(2,53(38-15-9-5-10-16-38)39-17-11-6-12-18-39)33-52-28-24-36-31-50(27-26-49(36)30-35-19-21-37(51-3)22-20-35)42-40-23-25-48(29-34-13-7-4-8-14-34)32-41(40)46-43(45)47-42/h4-22,36,53H,23-33H2,1-3H3. The zero-order valence-electron chi connectivity index (χ0n) is 31.3. The number of hydrogen-bond donors (Lipinski definition) is 0. The van der Waals surface area contributed by atoms with Gasteiger partial charge in [0.25, 0.3) is 0 Å². The Labute approximate surface area is 322 Å². The van der Waals surface area contributed by atoms with Crippen LogP contribution in [0.2, 0.25) is 10.3 Å². The first-order chi connectivity index (χ1) is 25.9. The van der Waals surface area contributed by atoms with Gasteiger partial charge >= 0.3 is 0 Å². The number of piperazine rings is 1. The molecule has 9 heteroatoms. The van der Waals surface area contributed by atoms with Crippen LogP contribution in [-0.4, -0.2) is 81.1 Å². The number of methoxy groups -OCH3 is 1. The van der Waals surface area contributed by atoms with Gasteiger partial charge in [0, 0.05) is 70.6 Å². The molecule has 4 aromatic carbocycles. The summed E-state index contributed by atoms with van der Waals surface area (Å²) in [6.07, 6.45) is 1.84. The van der Waals surface area contributed by atoms with E-state index in [2.05, 4.69) is 144 Å². The average molecular weight is 746 g/mol. The highest BCUT2D eigenvalue weighted by Gasteiger charge is 2.35. The molecule has 0 aliphatic carbocycles. The molecule has 0 N–H and O–H groups in total. The first kappa shape index (κ1) is 37.3. The lowest BCUT2D eigenvalue weighted by atomic mass is 10.0. The third-order valence-electron chi connectivity index (χ3n) is 10.9. The molecule has 1 fully saturated rings. The van der Waals surface area contributed by atoms with Gasteiger partial charge in [-0.3, -0.25) is 9.80 Å². The maximum atomic E-state index is 6.69. The Balaban J connectivity index is 1.06. The summed E-state index contributed by atoms with van der Waals surface area (Å²) in [4.78, 5) is 17.2. The zero-order valence-corrected chi connectivity index (χ0v) is 33.2. The van der Waals surface area contributed by atoms with Gasteiger partial charge in [-0.05, 0) is 52.7 Å². The Bertz CT molecular complexity index is 1860. The van der Waals surface area contributed by atoms with Crippen LogP contribution < -0.4 is 20.0 Å². The molecule has 0 radical (unpaired) electrons. The van der Waals surface area contributed by atoms with Crippen molar-refractivity contribution < 1.29 is 9.47 Å². The molecule has 1 atom stereocenters. The average Bonchev–Trinajstić information content (AvgIpc) is 3.18. The van der Waals surface area contributed by atoms with Crippen molar-refractivity contribution in [2.45, 2.75) is 57.4 Å². The van der Waals surface area contributed by atoms with Crippen molar-refractivity contribution in [3.05, 3.63) is 143 Å². The van der Waals surface area contributed by atoms with E-state index in [1.807, 2.05) is 0 Å². The van der Waals surface area contributed by atoms with Crippen molar-refractivity contribution in [2.24, 2.45) is 0 Å². The summed E-state index contributed by atoms with van der Waals surface area (Å²) in [7, 11) is 0.137. The molecular weight excluding hydrogens is 694 g/mol. The summed E-state index contributed by atoms with van der Waals surface area (Å²) in [5.74, 6) is 1.89. The zero-order chi connectivity index (χ0) is 36.6. The van der Waals surface area contributed by atoms with E-state index in [-0.39, 0.29) is 11.1 Å². The van der Waals surface area contributed by atoms with E-state index in [4.69, 9.17) is 31.0 Å². The van der Waals surface area contributed by atoms with Crippen LogP contribution in [0.15, 0.2) is 115 Å². The number of anilines is 1. The normalized spacial score (nSPS) is 16.8. The van der Waals surface area contributed by atoms with Gasteiger partial charge in [-0.1, -0.05) is 127 Å². The van der Waals surface area contributed by atoms with Crippen LogP contribution >= 0.6 is 11.6 Å². The Morgan fingerprint density at radius 1 is 0.774 bits per heavy atom. The summed E-state index contributed by atoms with van der Waals surface area (Å²) in [6.45, 7) is 12.4. The van der Waals surface area contributed by atoms with Crippen molar-refractivity contribution in [3.8, 4) is 5.75 Å². The Morgan fingerprint density at radius 2 is 1.42 bits per heavy atom. The molecule has 2 aliphatic rings. The van der Waals surface area contributed by atoms with E-state index < -0.39 is 8.80 Å². The first-order valence-electron chi connectivity index (χ1n) is 19.0. The lowest BCUT2D eigenvalue weighted by molar-refractivity contribution is 0.0771. The van der Waals surface area contributed by atoms with E-state index in [0.717, 1.165) is 82.5 Å². The Morgan fingerprint density at radius 3 is 2.08 bits per heavy atom. The van der Waals surface area contributed by atoms with E-state index >= 15 is 0 Å². The molecule has 1 saturated heterocycles. The van der Waals surface area contributed by atoms with Gasteiger partial charge in [-0.2, -0.15) is 0 Å². The molecule has 5 aromatic rings. The minimum atomic E-state index is -1.58. The number of hydrogen-bond acceptors (Lipinski definition) is 7. The van der Waals surface area contributed by atoms with Crippen molar-refractivity contribution in [1.82, 2.24) is 19.8 Å². The maximum Gasteiger partial charge on any atom is 0.224 e.